The Morgan fingerprint density at radius 3 is 2.48 bits per heavy atom. The number of amides is 1. The number of para-hydroxylation sites is 1. The normalized spacial score (nSPS) is 10.9. The topological polar surface area (TPSA) is 42.0 Å². The van der Waals surface area contributed by atoms with E-state index in [1.165, 1.54) is 6.07 Å². The van der Waals surface area contributed by atoms with Crippen molar-refractivity contribution >= 4 is 45.7 Å². The third kappa shape index (κ3) is 3.92. The van der Waals surface area contributed by atoms with Gasteiger partial charge < -0.3 is 5.32 Å². The second kappa shape index (κ2) is 7.78. The molecule has 0 atom stereocenters. The van der Waals surface area contributed by atoms with E-state index in [9.17, 15) is 13.6 Å². The maximum absolute atomic E-state index is 14.0. The molecule has 4 aromatic rings. The molecule has 3 nitrogen and oxygen atoms in total. The first-order valence-corrected chi connectivity index (χ1v) is 9.29. The number of nitrogens with one attached hydrogen (secondary N) is 1. The molecule has 0 aliphatic rings. The average molecular weight is 429 g/mol. The van der Waals surface area contributed by atoms with E-state index in [2.05, 4.69) is 10.3 Å². The van der Waals surface area contributed by atoms with Gasteiger partial charge in [0.05, 0.1) is 27.5 Å². The fraction of sp³-hybridized carbons (Fsp3) is 0. The zero-order chi connectivity index (χ0) is 20.5. The molecule has 3 aromatic carbocycles. The Morgan fingerprint density at radius 2 is 1.72 bits per heavy atom. The van der Waals surface area contributed by atoms with Gasteiger partial charge in [-0.25, -0.2) is 13.8 Å². The van der Waals surface area contributed by atoms with Gasteiger partial charge in [0.15, 0.2) is 0 Å². The maximum atomic E-state index is 14.0. The lowest BCUT2D eigenvalue weighted by Crippen LogP contribution is -2.14. The monoisotopic (exact) mass is 428 g/mol. The molecule has 0 saturated carbocycles. The Balaban J connectivity index is 1.83. The molecule has 0 spiro atoms. The Bertz CT molecular complexity index is 1260. The van der Waals surface area contributed by atoms with Gasteiger partial charge in [-0.05, 0) is 42.5 Å². The number of anilines is 1. The van der Waals surface area contributed by atoms with Gasteiger partial charge in [-0.15, -0.1) is 0 Å². The largest absolute Gasteiger partial charge is 0.319 e. The fourth-order valence-corrected chi connectivity index (χ4v) is 3.48. The van der Waals surface area contributed by atoms with E-state index < -0.39 is 17.5 Å². The maximum Gasteiger partial charge on any atom is 0.256 e. The summed E-state index contributed by atoms with van der Waals surface area (Å²) in [5, 5.41) is 3.93. The van der Waals surface area contributed by atoms with Crippen molar-refractivity contribution < 1.29 is 13.6 Å². The van der Waals surface area contributed by atoms with E-state index in [-0.39, 0.29) is 11.3 Å². The molecular formula is C22H12Cl2F2N2O. The second-order valence-electron chi connectivity index (χ2n) is 6.27. The molecule has 4 rings (SSSR count). The second-order valence-corrected chi connectivity index (χ2v) is 7.12. The number of pyridine rings is 1. The number of carbonyl (C=O) groups excluding carboxylic acids is 1. The number of rotatable bonds is 3. The molecule has 0 bridgehead atoms. The summed E-state index contributed by atoms with van der Waals surface area (Å²) in [5.41, 5.74) is 1.79. The van der Waals surface area contributed by atoms with Crippen LogP contribution in [0, 0.1) is 11.6 Å². The zero-order valence-corrected chi connectivity index (χ0v) is 16.2. The Morgan fingerprint density at radius 1 is 0.931 bits per heavy atom. The predicted octanol–water partition coefficient (Wildman–Crippen LogP) is 6.74. The van der Waals surface area contributed by atoms with E-state index in [1.54, 1.807) is 48.5 Å². The average Bonchev–Trinajstić information content (AvgIpc) is 2.69. The van der Waals surface area contributed by atoms with Crippen LogP contribution < -0.4 is 5.32 Å². The van der Waals surface area contributed by atoms with E-state index in [0.29, 0.717) is 38.3 Å². The van der Waals surface area contributed by atoms with Gasteiger partial charge in [-0.3, -0.25) is 4.79 Å². The van der Waals surface area contributed by atoms with Crippen molar-refractivity contribution in [1.82, 2.24) is 4.98 Å². The minimum atomic E-state index is -0.863. The number of fused-ring (bicyclic) bond motifs is 1. The SMILES string of the molecule is O=C(Nc1ccc(F)cc1F)c1cc(-c2ccc(Cl)cc2Cl)nc2ccccc12. The predicted molar refractivity (Wildman–Crippen MR) is 112 cm³/mol. The van der Waals surface area contributed by atoms with Crippen molar-refractivity contribution in [2.24, 2.45) is 0 Å². The van der Waals surface area contributed by atoms with Gasteiger partial charge in [-0.2, -0.15) is 0 Å². The first-order chi connectivity index (χ1) is 13.9. The highest BCUT2D eigenvalue weighted by atomic mass is 35.5. The highest BCUT2D eigenvalue weighted by Crippen LogP contribution is 2.32. The number of halogens is 4. The van der Waals surface area contributed by atoms with Gasteiger partial charge in [-0.1, -0.05) is 41.4 Å². The number of benzene rings is 3. The van der Waals surface area contributed by atoms with Crippen molar-refractivity contribution in [3.8, 4) is 11.3 Å². The number of hydrogen-bond donors (Lipinski definition) is 1. The first-order valence-electron chi connectivity index (χ1n) is 8.54. The van der Waals surface area contributed by atoms with Crippen LogP contribution in [0.15, 0.2) is 66.7 Å². The summed E-state index contributed by atoms with van der Waals surface area (Å²) in [6.45, 7) is 0. The van der Waals surface area contributed by atoms with Gasteiger partial charge in [0.2, 0.25) is 0 Å². The van der Waals surface area contributed by atoms with Crippen molar-refractivity contribution in [3.05, 3.63) is 94.0 Å². The molecule has 0 saturated heterocycles. The van der Waals surface area contributed by atoms with Crippen molar-refractivity contribution in [1.29, 1.82) is 0 Å². The van der Waals surface area contributed by atoms with Gasteiger partial charge >= 0.3 is 0 Å². The molecule has 0 radical (unpaired) electrons. The Kier molecular flexibility index (Phi) is 5.18. The molecule has 1 N–H and O–H groups in total. The summed E-state index contributed by atoms with van der Waals surface area (Å²) >= 11 is 12.3. The third-order valence-corrected chi connectivity index (χ3v) is 4.90. The summed E-state index contributed by atoms with van der Waals surface area (Å²) in [6.07, 6.45) is 0. The van der Waals surface area contributed by atoms with Crippen LogP contribution >= 0.6 is 23.2 Å². The van der Waals surface area contributed by atoms with E-state index >= 15 is 0 Å². The number of carbonyl (C=O) groups is 1. The van der Waals surface area contributed by atoms with Crippen LogP contribution in [0.2, 0.25) is 10.0 Å². The third-order valence-electron chi connectivity index (χ3n) is 4.35. The lowest BCUT2D eigenvalue weighted by Gasteiger charge is -2.12. The molecule has 0 aliphatic heterocycles. The van der Waals surface area contributed by atoms with Gasteiger partial charge in [0.25, 0.3) is 5.91 Å². The summed E-state index contributed by atoms with van der Waals surface area (Å²) in [6, 6.07) is 16.6. The minimum Gasteiger partial charge on any atom is -0.319 e. The highest BCUT2D eigenvalue weighted by Gasteiger charge is 2.17. The molecule has 0 fully saturated rings. The lowest BCUT2D eigenvalue weighted by molar-refractivity contribution is 0.102. The molecular weight excluding hydrogens is 417 g/mol. The molecule has 144 valence electrons. The van der Waals surface area contributed by atoms with Crippen LogP contribution in [-0.2, 0) is 0 Å². The van der Waals surface area contributed by atoms with E-state index in [4.69, 9.17) is 23.2 Å². The Labute approximate surface area is 174 Å². The molecule has 29 heavy (non-hydrogen) atoms. The molecule has 7 heteroatoms. The van der Waals surface area contributed by atoms with Crippen LogP contribution in [0.5, 0.6) is 0 Å². The lowest BCUT2D eigenvalue weighted by atomic mass is 10.0. The summed E-state index contributed by atoms with van der Waals surface area (Å²) in [5.74, 6) is -2.15. The number of aromatic nitrogens is 1. The molecule has 1 heterocycles. The molecule has 0 aliphatic carbocycles. The van der Waals surface area contributed by atoms with E-state index in [0.717, 1.165) is 6.07 Å². The van der Waals surface area contributed by atoms with Crippen LogP contribution in [-0.4, -0.2) is 10.9 Å². The highest BCUT2D eigenvalue weighted by molar-refractivity contribution is 6.36. The fourth-order valence-electron chi connectivity index (χ4n) is 2.98. The molecule has 0 unspecified atom stereocenters. The number of hydrogen-bond acceptors (Lipinski definition) is 2. The van der Waals surface area contributed by atoms with Crippen LogP contribution in [0.3, 0.4) is 0 Å². The Hall–Kier alpha value is -3.02. The standard InChI is InChI=1S/C22H12Cl2F2N2O/c23-12-5-7-15(17(24)9-12)21-11-16(14-3-1-2-4-19(14)27-21)22(29)28-20-8-6-13(25)10-18(20)26/h1-11H,(H,28,29). The summed E-state index contributed by atoms with van der Waals surface area (Å²) < 4.78 is 27.1. The first kappa shape index (κ1) is 19.3. The van der Waals surface area contributed by atoms with Crippen LogP contribution in [0.1, 0.15) is 10.4 Å². The van der Waals surface area contributed by atoms with Gasteiger partial charge in [0.1, 0.15) is 11.6 Å². The smallest absolute Gasteiger partial charge is 0.256 e. The van der Waals surface area contributed by atoms with Crippen LogP contribution in [0.25, 0.3) is 22.2 Å². The number of nitrogens with zero attached hydrogens (tertiary/aromatic N) is 1. The van der Waals surface area contributed by atoms with Gasteiger partial charge in [0, 0.05) is 22.0 Å². The minimum absolute atomic E-state index is 0.122. The quantitative estimate of drug-likeness (QED) is 0.392. The summed E-state index contributed by atoms with van der Waals surface area (Å²) in [4.78, 5) is 17.5. The summed E-state index contributed by atoms with van der Waals surface area (Å²) in [7, 11) is 0. The van der Waals surface area contributed by atoms with Crippen molar-refractivity contribution in [3.63, 3.8) is 0 Å². The van der Waals surface area contributed by atoms with Crippen molar-refractivity contribution in [2.75, 3.05) is 5.32 Å². The zero-order valence-electron chi connectivity index (χ0n) is 14.7. The molecule has 1 aromatic heterocycles. The van der Waals surface area contributed by atoms with Crippen molar-refractivity contribution in [2.45, 2.75) is 0 Å². The molecule has 1 amide bonds. The van der Waals surface area contributed by atoms with E-state index in [1.807, 2.05) is 0 Å². The van der Waals surface area contributed by atoms with Crippen LogP contribution in [0.4, 0.5) is 14.5 Å².